The van der Waals surface area contributed by atoms with Crippen LogP contribution in [0.2, 0.25) is 5.02 Å². The Bertz CT molecular complexity index is 814. The Balaban J connectivity index is 1.81. The van der Waals surface area contributed by atoms with E-state index in [0.717, 1.165) is 43.3 Å². The van der Waals surface area contributed by atoms with Crippen molar-refractivity contribution in [2.24, 2.45) is 0 Å². The third-order valence-corrected chi connectivity index (χ3v) is 4.20. The van der Waals surface area contributed by atoms with Gasteiger partial charge in [-0.05, 0) is 24.3 Å². The van der Waals surface area contributed by atoms with Crippen LogP contribution in [-0.4, -0.2) is 41.4 Å². The van der Waals surface area contributed by atoms with Crippen LogP contribution in [0.25, 0.3) is 22.8 Å². The molecule has 0 unspecified atom stereocenters. The predicted molar refractivity (Wildman–Crippen MR) is 93.1 cm³/mol. The van der Waals surface area contributed by atoms with Crippen LogP contribution in [0.5, 0.6) is 0 Å². The molecule has 6 nitrogen and oxygen atoms in total. The lowest BCUT2D eigenvalue weighted by Gasteiger charge is -2.29. The van der Waals surface area contributed by atoms with Crippen LogP contribution in [0.15, 0.2) is 47.1 Å². The van der Waals surface area contributed by atoms with E-state index >= 15 is 0 Å². The van der Waals surface area contributed by atoms with E-state index in [-0.39, 0.29) is 0 Å². The fourth-order valence-electron chi connectivity index (χ4n) is 2.72. The number of rotatable bonds is 3. The Labute approximate surface area is 144 Å². The summed E-state index contributed by atoms with van der Waals surface area (Å²) in [6.45, 7) is 3.58. The van der Waals surface area contributed by atoms with Crippen molar-refractivity contribution in [3.63, 3.8) is 0 Å². The van der Waals surface area contributed by atoms with Crippen molar-refractivity contribution < 1.29 is 4.42 Å². The van der Waals surface area contributed by atoms with Gasteiger partial charge < -0.3 is 14.6 Å². The molecule has 24 heavy (non-hydrogen) atoms. The summed E-state index contributed by atoms with van der Waals surface area (Å²) in [5, 5.41) is 12.7. The first-order valence-corrected chi connectivity index (χ1v) is 8.19. The van der Waals surface area contributed by atoms with E-state index in [4.69, 9.17) is 21.0 Å². The van der Waals surface area contributed by atoms with Crippen molar-refractivity contribution in [2.45, 2.75) is 0 Å². The number of halogens is 1. The zero-order valence-electron chi connectivity index (χ0n) is 12.9. The molecule has 3 heterocycles. The highest BCUT2D eigenvalue weighted by atomic mass is 35.5. The van der Waals surface area contributed by atoms with Crippen LogP contribution >= 0.6 is 11.6 Å². The largest absolute Gasteiger partial charge is 0.461 e. The molecule has 1 aliphatic heterocycles. The average Bonchev–Trinajstić information content (AvgIpc) is 3.17. The van der Waals surface area contributed by atoms with Crippen LogP contribution in [0.3, 0.4) is 0 Å². The molecule has 1 N–H and O–H groups in total. The number of nitrogens with one attached hydrogen (secondary N) is 1. The molecule has 1 aliphatic rings. The molecule has 0 aliphatic carbocycles. The van der Waals surface area contributed by atoms with Crippen LogP contribution in [0.1, 0.15) is 0 Å². The molecule has 4 rings (SSSR count). The maximum Gasteiger partial charge on any atom is 0.219 e. The minimum absolute atomic E-state index is 0.492. The second-order valence-corrected chi connectivity index (χ2v) is 5.97. The minimum Gasteiger partial charge on any atom is -0.461 e. The summed E-state index contributed by atoms with van der Waals surface area (Å²) in [5.74, 6) is 1.92. The molecule has 0 atom stereocenters. The molecule has 7 heteroatoms. The molecular formula is C17H16ClN5O. The number of benzene rings is 1. The zero-order chi connectivity index (χ0) is 16.4. The monoisotopic (exact) mass is 341 g/mol. The molecule has 2 aromatic heterocycles. The topological polar surface area (TPSA) is 67.1 Å². The van der Waals surface area contributed by atoms with Gasteiger partial charge in [0.15, 0.2) is 11.6 Å². The van der Waals surface area contributed by atoms with Gasteiger partial charge in [-0.1, -0.05) is 23.7 Å². The Morgan fingerprint density at radius 2 is 1.83 bits per heavy atom. The van der Waals surface area contributed by atoms with Gasteiger partial charge in [0.05, 0.1) is 6.26 Å². The van der Waals surface area contributed by atoms with Crippen molar-refractivity contribution in [1.29, 1.82) is 0 Å². The number of piperazine rings is 1. The van der Waals surface area contributed by atoms with Crippen LogP contribution in [-0.2, 0) is 0 Å². The van der Waals surface area contributed by atoms with Crippen LogP contribution < -0.4 is 10.2 Å². The zero-order valence-corrected chi connectivity index (χ0v) is 13.7. The van der Waals surface area contributed by atoms with E-state index in [9.17, 15) is 0 Å². The number of aromatic nitrogens is 3. The van der Waals surface area contributed by atoms with Crippen LogP contribution in [0.4, 0.5) is 5.82 Å². The summed E-state index contributed by atoms with van der Waals surface area (Å²) in [5.41, 5.74) is 1.70. The van der Waals surface area contributed by atoms with E-state index in [0.29, 0.717) is 16.6 Å². The van der Waals surface area contributed by atoms with Gasteiger partial charge in [0.2, 0.25) is 5.82 Å². The molecule has 1 fully saturated rings. The third kappa shape index (κ3) is 2.98. The Hall–Kier alpha value is -2.44. The summed E-state index contributed by atoms with van der Waals surface area (Å²) in [4.78, 5) is 6.96. The summed E-state index contributed by atoms with van der Waals surface area (Å²) in [6, 6.07) is 11.2. The highest BCUT2D eigenvalue weighted by molar-refractivity contribution is 6.30. The second-order valence-electron chi connectivity index (χ2n) is 5.53. The van der Waals surface area contributed by atoms with E-state index in [1.807, 2.05) is 36.4 Å². The molecule has 0 radical (unpaired) electrons. The van der Waals surface area contributed by atoms with Gasteiger partial charge in [-0.3, -0.25) is 0 Å². The molecular weight excluding hydrogens is 326 g/mol. The maximum atomic E-state index is 6.00. The molecule has 122 valence electrons. The minimum atomic E-state index is 0.492. The van der Waals surface area contributed by atoms with Gasteiger partial charge in [-0.15, -0.1) is 10.2 Å². The number of anilines is 1. The summed E-state index contributed by atoms with van der Waals surface area (Å²) < 4.78 is 5.41. The van der Waals surface area contributed by atoms with Crippen LogP contribution in [0, 0.1) is 0 Å². The van der Waals surface area contributed by atoms with Crippen molar-refractivity contribution in [2.75, 3.05) is 31.1 Å². The van der Waals surface area contributed by atoms with E-state index in [1.165, 1.54) is 0 Å². The lowest BCUT2D eigenvalue weighted by Crippen LogP contribution is -2.44. The Morgan fingerprint density at radius 3 is 2.54 bits per heavy atom. The molecule has 3 aromatic rings. The number of furan rings is 1. The number of nitrogens with zero attached hydrogens (tertiary/aromatic N) is 4. The van der Waals surface area contributed by atoms with E-state index in [2.05, 4.69) is 20.4 Å². The normalized spacial score (nSPS) is 14.8. The first-order valence-electron chi connectivity index (χ1n) is 7.81. The highest BCUT2D eigenvalue weighted by Crippen LogP contribution is 2.29. The van der Waals surface area contributed by atoms with Gasteiger partial charge in [0.1, 0.15) is 5.69 Å². The molecule has 0 saturated carbocycles. The fraction of sp³-hybridized carbons (Fsp3) is 0.235. The third-order valence-electron chi connectivity index (χ3n) is 3.94. The molecule has 0 bridgehead atoms. The predicted octanol–water partition coefficient (Wildman–Crippen LogP) is 2.86. The molecule has 0 amide bonds. The maximum absolute atomic E-state index is 6.00. The van der Waals surface area contributed by atoms with E-state index in [1.54, 1.807) is 6.26 Å². The van der Waals surface area contributed by atoms with Gasteiger partial charge >= 0.3 is 0 Å². The average molecular weight is 342 g/mol. The fourth-order valence-corrected chi connectivity index (χ4v) is 2.85. The quantitative estimate of drug-likeness (QED) is 0.790. The van der Waals surface area contributed by atoms with Crippen molar-refractivity contribution in [1.82, 2.24) is 20.5 Å². The first kappa shape index (κ1) is 15.1. The number of hydrogen-bond acceptors (Lipinski definition) is 6. The Morgan fingerprint density at radius 1 is 1.04 bits per heavy atom. The van der Waals surface area contributed by atoms with Gasteiger partial charge in [0, 0.05) is 36.8 Å². The second kappa shape index (κ2) is 6.59. The van der Waals surface area contributed by atoms with Crippen molar-refractivity contribution >= 4 is 17.4 Å². The first-order chi connectivity index (χ1) is 11.8. The summed E-state index contributed by atoms with van der Waals surface area (Å²) in [6.07, 6.45) is 1.61. The number of hydrogen-bond donors (Lipinski definition) is 1. The summed E-state index contributed by atoms with van der Waals surface area (Å²) in [7, 11) is 0. The molecule has 1 saturated heterocycles. The lowest BCUT2D eigenvalue weighted by molar-refractivity contribution is 0.571. The highest BCUT2D eigenvalue weighted by Gasteiger charge is 2.20. The SMILES string of the molecule is Clc1ccc(-c2nnc(-c3ccco3)nc2N2CCNCC2)cc1. The van der Waals surface area contributed by atoms with Gasteiger partial charge in [-0.25, -0.2) is 4.98 Å². The smallest absolute Gasteiger partial charge is 0.219 e. The lowest BCUT2D eigenvalue weighted by atomic mass is 10.1. The van der Waals surface area contributed by atoms with Gasteiger partial charge in [-0.2, -0.15) is 0 Å². The van der Waals surface area contributed by atoms with E-state index < -0.39 is 0 Å². The molecule has 1 aromatic carbocycles. The van der Waals surface area contributed by atoms with Crippen molar-refractivity contribution in [3.8, 4) is 22.8 Å². The van der Waals surface area contributed by atoms with Gasteiger partial charge in [0.25, 0.3) is 0 Å². The summed E-state index contributed by atoms with van der Waals surface area (Å²) >= 11 is 6.00. The van der Waals surface area contributed by atoms with Crippen molar-refractivity contribution in [3.05, 3.63) is 47.7 Å². The standard InChI is InChI=1S/C17H16ClN5O/c18-13-5-3-12(4-6-13)15-17(23-9-7-19-8-10-23)20-16(22-21-15)14-2-1-11-24-14/h1-6,11,19H,7-10H2. The Kier molecular flexibility index (Phi) is 4.15. The molecule has 0 spiro atoms.